The molecule has 1 aromatic heterocycles. The van der Waals surface area contributed by atoms with Crippen LogP contribution in [0.5, 0.6) is 5.75 Å². The average molecular weight is 351 g/mol. The number of benzene rings is 3. The molecule has 0 saturated heterocycles. The maximum Gasteiger partial charge on any atom is 0.123 e. The van der Waals surface area contributed by atoms with Gasteiger partial charge in [-0.05, 0) is 29.7 Å². The van der Waals surface area contributed by atoms with E-state index in [1.807, 2.05) is 54.6 Å². The molecule has 0 amide bonds. The summed E-state index contributed by atoms with van der Waals surface area (Å²) in [4.78, 5) is 5.02. The number of pyridine rings is 1. The molecule has 27 heavy (non-hydrogen) atoms. The largest absolute Gasteiger partial charge is 0.507 e. The zero-order chi connectivity index (χ0) is 18.6. The summed E-state index contributed by atoms with van der Waals surface area (Å²) in [6.07, 6.45) is 0.829. The molecule has 1 heterocycles. The maximum absolute atomic E-state index is 10.5. The number of phenols is 1. The molecule has 0 bridgehead atoms. The van der Waals surface area contributed by atoms with E-state index in [1.165, 1.54) is 0 Å². The van der Waals surface area contributed by atoms with Gasteiger partial charge >= 0.3 is 0 Å². The molecule has 4 rings (SSSR count). The lowest BCUT2D eigenvalue weighted by Crippen LogP contribution is -1.99. The van der Waals surface area contributed by atoms with Crippen molar-refractivity contribution in [1.82, 2.24) is 4.98 Å². The summed E-state index contributed by atoms with van der Waals surface area (Å²) < 4.78 is 0. The van der Waals surface area contributed by atoms with E-state index in [0.29, 0.717) is 0 Å². The molecule has 4 aromatic rings. The predicted molar refractivity (Wildman–Crippen MR) is 112 cm³/mol. The third kappa shape index (κ3) is 3.34. The fourth-order valence-electron chi connectivity index (χ4n) is 3.46. The van der Waals surface area contributed by atoms with Crippen LogP contribution in [0.15, 0.2) is 91.0 Å². The van der Waals surface area contributed by atoms with Crippen LogP contribution in [0.1, 0.15) is 12.5 Å². The van der Waals surface area contributed by atoms with Crippen molar-refractivity contribution in [2.45, 2.75) is 13.3 Å². The average Bonchev–Trinajstić information content (AvgIpc) is 2.74. The Labute approximate surface area is 159 Å². The van der Waals surface area contributed by atoms with Gasteiger partial charge in [0.25, 0.3) is 0 Å². The summed E-state index contributed by atoms with van der Waals surface area (Å²) in [5, 5.41) is 10.5. The molecule has 2 heteroatoms. The first-order valence-corrected chi connectivity index (χ1v) is 9.21. The summed E-state index contributed by atoms with van der Waals surface area (Å²) in [6.45, 7) is 2.13. The van der Waals surface area contributed by atoms with Crippen LogP contribution < -0.4 is 0 Å². The Balaban J connectivity index is 2.04. The highest BCUT2D eigenvalue weighted by Gasteiger charge is 2.17. The molecular weight excluding hydrogens is 330 g/mol. The van der Waals surface area contributed by atoms with E-state index in [9.17, 15) is 5.11 Å². The van der Waals surface area contributed by atoms with E-state index >= 15 is 0 Å². The van der Waals surface area contributed by atoms with Gasteiger partial charge in [-0.25, -0.2) is 4.98 Å². The summed E-state index contributed by atoms with van der Waals surface area (Å²) in [5.41, 5.74) is 7.04. The zero-order valence-corrected chi connectivity index (χ0v) is 15.3. The Morgan fingerprint density at radius 2 is 1.30 bits per heavy atom. The fraction of sp³-hybridized carbons (Fsp3) is 0.0800. The lowest BCUT2D eigenvalue weighted by Gasteiger charge is -2.17. The highest BCUT2D eigenvalue weighted by molar-refractivity contribution is 5.83. The minimum absolute atomic E-state index is 0.288. The summed E-state index contributed by atoms with van der Waals surface area (Å²) in [5.74, 6) is 0.288. The standard InChI is InChI=1S/C25H21NO/c1-2-20-22(21-15-9-10-16-24(21)27)17-23(18-11-5-3-6-12-18)26-25(20)19-13-7-4-8-14-19/h3-17,27H,2H2,1H3. The Morgan fingerprint density at radius 3 is 1.93 bits per heavy atom. The number of hydrogen-bond acceptors (Lipinski definition) is 2. The number of nitrogens with zero attached hydrogens (tertiary/aromatic N) is 1. The van der Waals surface area contributed by atoms with Crippen LogP contribution in [0, 0.1) is 0 Å². The minimum Gasteiger partial charge on any atom is -0.507 e. The van der Waals surface area contributed by atoms with Crippen molar-refractivity contribution >= 4 is 0 Å². The van der Waals surface area contributed by atoms with E-state index in [0.717, 1.165) is 45.6 Å². The van der Waals surface area contributed by atoms with Gasteiger partial charge in [-0.1, -0.05) is 85.8 Å². The molecule has 1 N–H and O–H groups in total. The molecule has 0 aliphatic carbocycles. The second kappa shape index (κ2) is 7.46. The van der Waals surface area contributed by atoms with Gasteiger partial charge in [0.2, 0.25) is 0 Å². The number of para-hydroxylation sites is 1. The molecule has 0 radical (unpaired) electrons. The van der Waals surface area contributed by atoms with Crippen molar-refractivity contribution in [3.63, 3.8) is 0 Å². The third-order valence-electron chi connectivity index (χ3n) is 4.79. The number of phenolic OH excluding ortho intramolecular Hbond substituents is 1. The Kier molecular flexibility index (Phi) is 4.71. The molecule has 0 atom stereocenters. The monoisotopic (exact) mass is 351 g/mol. The first-order valence-electron chi connectivity index (χ1n) is 9.21. The lowest BCUT2D eigenvalue weighted by atomic mass is 9.92. The van der Waals surface area contributed by atoms with Crippen LogP contribution in [0.25, 0.3) is 33.6 Å². The first-order chi connectivity index (χ1) is 13.3. The molecule has 0 unspecified atom stereocenters. The Morgan fingerprint density at radius 1 is 0.704 bits per heavy atom. The van der Waals surface area contributed by atoms with Crippen molar-refractivity contribution in [1.29, 1.82) is 0 Å². The van der Waals surface area contributed by atoms with Crippen molar-refractivity contribution in [3.8, 4) is 39.4 Å². The topological polar surface area (TPSA) is 33.1 Å². The van der Waals surface area contributed by atoms with E-state index in [2.05, 4.69) is 37.3 Å². The van der Waals surface area contributed by atoms with E-state index in [4.69, 9.17) is 4.98 Å². The van der Waals surface area contributed by atoms with Crippen LogP contribution in [-0.2, 0) is 6.42 Å². The minimum atomic E-state index is 0.288. The smallest absolute Gasteiger partial charge is 0.123 e. The third-order valence-corrected chi connectivity index (χ3v) is 4.79. The summed E-state index contributed by atoms with van der Waals surface area (Å²) in [6, 6.07) is 30.0. The van der Waals surface area contributed by atoms with Gasteiger partial charge in [0.1, 0.15) is 5.75 Å². The predicted octanol–water partition coefficient (Wildman–Crippen LogP) is 6.35. The zero-order valence-electron chi connectivity index (χ0n) is 15.3. The fourth-order valence-corrected chi connectivity index (χ4v) is 3.46. The molecule has 0 spiro atoms. The molecule has 0 saturated carbocycles. The Hall–Kier alpha value is -3.39. The lowest BCUT2D eigenvalue weighted by molar-refractivity contribution is 0.477. The van der Waals surface area contributed by atoms with Gasteiger partial charge in [-0.2, -0.15) is 0 Å². The molecule has 0 aliphatic heterocycles. The highest BCUT2D eigenvalue weighted by Crippen LogP contribution is 2.38. The van der Waals surface area contributed by atoms with Gasteiger partial charge in [0.15, 0.2) is 0 Å². The number of aromatic hydroxyl groups is 1. The van der Waals surface area contributed by atoms with Gasteiger partial charge in [0.05, 0.1) is 11.4 Å². The van der Waals surface area contributed by atoms with Gasteiger partial charge < -0.3 is 5.11 Å². The second-order valence-corrected chi connectivity index (χ2v) is 6.48. The van der Waals surface area contributed by atoms with Crippen LogP contribution in [0.4, 0.5) is 0 Å². The molecule has 3 aromatic carbocycles. The molecule has 0 fully saturated rings. The number of rotatable bonds is 4. The van der Waals surface area contributed by atoms with Gasteiger partial charge in [0, 0.05) is 16.7 Å². The van der Waals surface area contributed by atoms with Gasteiger partial charge in [-0.3, -0.25) is 0 Å². The molecule has 0 aliphatic rings. The van der Waals surface area contributed by atoms with E-state index in [1.54, 1.807) is 6.07 Å². The highest BCUT2D eigenvalue weighted by atomic mass is 16.3. The second-order valence-electron chi connectivity index (χ2n) is 6.48. The molecule has 2 nitrogen and oxygen atoms in total. The number of aromatic nitrogens is 1. The normalized spacial score (nSPS) is 10.7. The first kappa shape index (κ1) is 17.0. The van der Waals surface area contributed by atoms with Gasteiger partial charge in [-0.15, -0.1) is 0 Å². The van der Waals surface area contributed by atoms with E-state index < -0.39 is 0 Å². The Bertz CT molecular complexity index is 1060. The van der Waals surface area contributed by atoms with Crippen LogP contribution in [0.2, 0.25) is 0 Å². The van der Waals surface area contributed by atoms with Crippen LogP contribution in [0.3, 0.4) is 0 Å². The summed E-state index contributed by atoms with van der Waals surface area (Å²) >= 11 is 0. The maximum atomic E-state index is 10.5. The van der Waals surface area contributed by atoms with Crippen LogP contribution in [-0.4, -0.2) is 10.1 Å². The van der Waals surface area contributed by atoms with E-state index in [-0.39, 0.29) is 5.75 Å². The van der Waals surface area contributed by atoms with Crippen molar-refractivity contribution in [2.24, 2.45) is 0 Å². The molecular formula is C25H21NO. The van der Waals surface area contributed by atoms with Crippen LogP contribution >= 0.6 is 0 Å². The quantitative estimate of drug-likeness (QED) is 0.465. The van der Waals surface area contributed by atoms with Crippen molar-refractivity contribution in [2.75, 3.05) is 0 Å². The molecule has 132 valence electrons. The van der Waals surface area contributed by atoms with Crippen molar-refractivity contribution in [3.05, 3.63) is 96.6 Å². The number of hydrogen-bond donors (Lipinski definition) is 1. The SMILES string of the molecule is CCc1c(-c2ccccc2O)cc(-c2ccccc2)nc1-c1ccccc1. The summed E-state index contributed by atoms with van der Waals surface area (Å²) in [7, 11) is 0. The van der Waals surface area contributed by atoms with Crippen molar-refractivity contribution < 1.29 is 5.11 Å².